The maximum Gasteiger partial charge on any atom is 0.339 e. The van der Waals surface area contributed by atoms with Crippen molar-refractivity contribution in [2.45, 2.75) is 0 Å². The standard InChI is InChI=1S/C13H13ClFNO4S/c1-20-12(17)9-2-8(15)3-10(11(9)14)16-4-13(5-16)6-21(18,19)7-13/h2-3H,4-7H2,1H3. The predicted octanol–water partition coefficient (Wildman–Crippen LogP) is 1.50. The molecule has 5 nitrogen and oxygen atoms in total. The highest BCUT2D eigenvalue weighted by atomic mass is 35.5. The molecule has 0 radical (unpaired) electrons. The van der Waals surface area contributed by atoms with E-state index in [4.69, 9.17) is 11.6 Å². The van der Waals surface area contributed by atoms with Crippen LogP contribution in [0.1, 0.15) is 10.4 Å². The summed E-state index contributed by atoms with van der Waals surface area (Å²) < 4.78 is 40.8. The van der Waals surface area contributed by atoms with Crippen LogP contribution in [0.3, 0.4) is 0 Å². The third kappa shape index (κ3) is 2.38. The van der Waals surface area contributed by atoms with Crippen molar-refractivity contribution in [2.24, 2.45) is 5.41 Å². The summed E-state index contributed by atoms with van der Waals surface area (Å²) >= 11 is 6.14. The molecule has 114 valence electrons. The molecule has 2 aliphatic heterocycles. The van der Waals surface area contributed by atoms with E-state index in [-0.39, 0.29) is 27.5 Å². The SMILES string of the molecule is COC(=O)c1cc(F)cc(N2CC3(C2)CS(=O)(=O)C3)c1Cl. The first kappa shape index (κ1) is 14.6. The number of ether oxygens (including phenoxy) is 1. The third-order valence-corrected chi connectivity index (χ3v) is 6.37. The summed E-state index contributed by atoms with van der Waals surface area (Å²) in [6.07, 6.45) is 0. The van der Waals surface area contributed by atoms with Crippen LogP contribution in [-0.2, 0) is 14.6 Å². The molecule has 2 saturated heterocycles. The molecule has 0 saturated carbocycles. The zero-order chi connectivity index (χ0) is 15.4. The van der Waals surface area contributed by atoms with Gasteiger partial charge in [0.2, 0.25) is 0 Å². The van der Waals surface area contributed by atoms with Gasteiger partial charge in [-0.05, 0) is 12.1 Å². The first-order valence-corrected chi connectivity index (χ1v) is 8.48. The van der Waals surface area contributed by atoms with E-state index in [2.05, 4.69) is 4.74 Å². The number of halogens is 2. The van der Waals surface area contributed by atoms with E-state index in [9.17, 15) is 17.6 Å². The van der Waals surface area contributed by atoms with Gasteiger partial charge in [-0.3, -0.25) is 0 Å². The van der Waals surface area contributed by atoms with Gasteiger partial charge in [0.1, 0.15) is 5.82 Å². The largest absolute Gasteiger partial charge is 0.465 e. The Kier molecular flexibility index (Phi) is 3.18. The third-order valence-electron chi connectivity index (χ3n) is 3.87. The van der Waals surface area contributed by atoms with Crippen molar-refractivity contribution in [2.75, 3.05) is 36.6 Å². The van der Waals surface area contributed by atoms with Crippen LogP contribution in [0.25, 0.3) is 0 Å². The molecule has 0 N–H and O–H groups in total. The van der Waals surface area contributed by atoms with Gasteiger partial charge in [0.15, 0.2) is 9.84 Å². The van der Waals surface area contributed by atoms with Crippen molar-refractivity contribution in [3.8, 4) is 0 Å². The number of carbonyl (C=O) groups is 1. The Labute approximate surface area is 126 Å². The van der Waals surface area contributed by atoms with Crippen molar-refractivity contribution in [1.29, 1.82) is 0 Å². The molecular formula is C13H13ClFNO4S. The summed E-state index contributed by atoms with van der Waals surface area (Å²) in [4.78, 5) is 13.4. The first-order chi connectivity index (χ1) is 9.75. The van der Waals surface area contributed by atoms with E-state index in [1.807, 2.05) is 0 Å². The molecule has 2 heterocycles. The van der Waals surface area contributed by atoms with E-state index >= 15 is 0 Å². The van der Waals surface area contributed by atoms with Crippen molar-refractivity contribution in [1.82, 2.24) is 0 Å². The minimum atomic E-state index is -2.91. The minimum Gasteiger partial charge on any atom is -0.465 e. The number of hydrogen-bond donors (Lipinski definition) is 0. The lowest BCUT2D eigenvalue weighted by Crippen LogP contribution is -2.68. The topological polar surface area (TPSA) is 63.7 Å². The van der Waals surface area contributed by atoms with Crippen molar-refractivity contribution >= 4 is 33.1 Å². The normalized spacial score (nSPS) is 21.6. The van der Waals surface area contributed by atoms with Crippen molar-refractivity contribution in [3.05, 3.63) is 28.5 Å². The smallest absolute Gasteiger partial charge is 0.339 e. The lowest BCUT2D eigenvalue weighted by atomic mass is 9.82. The van der Waals surface area contributed by atoms with E-state index in [1.165, 1.54) is 13.2 Å². The maximum atomic E-state index is 13.6. The number of anilines is 1. The Morgan fingerprint density at radius 2 is 2.00 bits per heavy atom. The van der Waals surface area contributed by atoms with Gasteiger partial charge < -0.3 is 9.64 Å². The molecule has 1 aromatic carbocycles. The summed E-state index contributed by atoms with van der Waals surface area (Å²) in [5.41, 5.74) is 0.128. The summed E-state index contributed by atoms with van der Waals surface area (Å²) in [6, 6.07) is 2.27. The zero-order valence-corrected chi connectivity index (χ0v) is 12.8. The van der Waals surface area contributed by atoms with Crippen LogP contribution in [0, 0.1) is 11.2 Å². The second kappa shape index (κ2) is 4.58. The van der Waals surface area contributed by atoms with Gasteiger partial charge in [-0.15, -0.1) is 0 Å². The summed E-state index contributed by atoms with van der Waals surface area (Å²) in [5.74, 6) is -0.972. The molecule has 8 heteroatoms. The Hall–Kier alpha value is -1.34. The highest BCUT2D eigenvalue weighted by molar-refractivity contribution is 7.92. The van der Waals surface area contributed by atoms with E-state index < -0.39 is 21.6 Å². The van der Waals surface area contributed by atoms with Crippen LogP contribution >= 0.6 is 11.6 Å². The fraction of sp³-hybridized carbons (Fsp3) is 0.462. The Morgan fingerprint density at radius 1 is 1.38 bits per heavy atom. The average molecular weight is 334 g/mol. The lowest BCUT2D eigenvalue weighted by molar-refractivity contribution is 0.0600. The van der Waals surface area contributed by atoms with E-state index in [0.717, 1.165) is 6.07 Å². The number of sulfone groups is 1. The predicted molar refractivity (Wildman–Crippen MR) is 76.0 cm³/mol. The highest BCUT2D eigenvalue weighted by Gasteiger charge is 2.56. The van der Waals surface area contributed by atoms with Gasteiger partial charge in [-0.25, -0.2) is 17.6 Å². The monoisotopic (exact) mass is 333 g/mol. The van der Waals surface area contributed by atoms with Crippen LogP contribution in [0.15, 0.2) is 12.1 Å². The van der Waals surface area contributed by atoms with Gasteiger partial charge in [0.25, 0.3) is 0 Å². The molecule has 2 aliphatic rings. The molecule has 3 rings (SSSR count). The number of carbonyl (C=O) groups excluding carboxylic acids is 1. The van der Waals surface area contributed by atoms with Crippen molar-refractivity contribution < 1.29 is 22.3 Å². The zero-order valence-electron chi connectivity index (χ0n) is 11.2. The Balaban J connectivity index is 1.85. The number of benzene rings is 1. The molecule has 21 heavy (non-hydrogen) atoms. The molecule has 0 aromatic heterocycles. The Bertz CT molecular complexity index is 714. The molecule has 2 fully saturated rings. The summed E-state index contributed by atoms with van der Waals surface area (Å²) in [7, 11) is -1.71. The van der Waals surface area contributed by atoms with Gasteiger partial charge in [0, 0.05) is 18.5 Å². The number of hydrogen-bond acceptors (Lipinski definition) is 5. The highest BCUT2D eigenvalue weighted by Crippen LogP contribution is 2.45. The van der Waals surface area contributed by atoms with Crippen LogP contribution < -0.4 is 4.90 Å². The fourth-order valence-electron chi connectivity index (χ4n) is 3.07. The molecule has 0 aliphatic carbocycles. The van der Waals surface area contributed by atoms with Crippen LogP contribution in [0.2, 0.25) is 5.02 Å². The van der Waals surface area contributed by atoms with E-state index in [0.29, 0.717) is 18.8 Å². The Morgan fingerprint density at radius 3 is 2.52 bits per heavy atom. The number of esters is 1. The first-order valence-electron chi connectivity index (χ1n) is 6.28. The molecule has 1 spiro atoms. The van der Waals surface area contributed by atoms with Crippen LogP contribution in [-0.4, -0.2) is 46.1 Å². The van der Waals surface area contributed by atoms with Gasteiger partial charge in [0.05, 0.1) is 34.9 Å². The van der Waals surface area contributed by atoms with E-state index in [1.54, 1.807) is 4.90 Å². The minimum absolute atomic E-state index is 0.0312. The molecule has 1 aromatic rings. The maximum absolute atomic E-state index is 13.6. The van der Waals surface area contributed by atoms with Crippen LogP contribution in [0.5, 0.6) is 0 Å². The molecule has 0 bridgehead atoms. The summed E-state index contributed by atoms with van der Waals surface area (Å²) in [5, 5.41) is 0.125. The van der Waals surface area contributed by atoms with Gasteiger partial charge in [-0.1, -0.05) is 11.6 Å². The van der Waals surface area contributed by atoms with Crippen LogP contribution in [0.4, 0.5) is 10.1 Å². The van der Waals surface area contributed by atoms with Gasteiger partial charge in [-0.2, -0.15) is 0 Å². The molecule has 0 atom stereocenters. The van der Waals surface area contributed by atoms with Gasteiger partial charge >= 0.3 is 5.97 Å². The fourth-order valence-corrected chi connectivity index (χ4v) is 5.52. The summed E-state index contributed by atoms with van der Waals surface area (Å²) in [6.45, 7) is 0.992. The lowest BCUT2D eigenvalue weighted by Gasteiger charge is -2.56. The molecular weight excluding hydrogens is 321 g/mol. The second-order valence-electron chi connectivity index (χ2n) is 5.67. The van der Waals surface area contributed by atoms with Crippen molar-refractivity contribution in [3.63, 3.8) is 0 Å². The number of methoxy groups -OCH3 is 1. The second-order valence-corrected chi connectivity index (χ2v) is 8.11. The number of nitrogens with zero attached hydrogens (tertiary/aromatic N) is 1. The molecule has 0 unspecified atom stereocenters. The average Bonchev–Trinajstić information content (AvgIpc) is 2.34. The quantitative estimate of drug-likeness (QED) is 0.767. The number of rotatable bonds is 2. The molecule has 0 amide bonds.